The Labute approximate surface area is 140 Å². The number of carbonyl (C=O) groups is 2. The Kier molecular flexibility index (Phi) is 3.41. The Bertz CT molecular complexity index is 824. The second-order valence-corrected chi connectivity index (χ2v) is 7.07. The number of nitrogens with zero attached hydrogens (tertiary/aromatic N) is 1. The van der Waals surface area contributed by atoms with E-state index in [9.17, 15) is 9.59 Å². The van der Waals surface area contributed by atoms with Crippen molar-refractivity contribution in [2.24, 2.45) is 11.3 Å². The lowest BCUT2D eigenvalue weighted by atomic mass is 9.81. The Morgan fingerprint density at radius 1 is 1.33 bits per heavy atom. The number of amides is 1. The highest BCUT2D eigenvalue weighted by atomic mass is 16.5. The molecule has 0 spiro atoms. The van der Waals surface area contributed by atoms with Gasteiger partial charge in [-0.2, -0.15) is 0 Å². The number of rotatable bonds is 2. The van der Waals surface area contributed by atoms with Crippen LogP contribution in [0, 0.1) is 18.3 Å². The van der Waals surface area contributed by atoms with Crippen molar-refractivity contribution in [3.8, 4) is 0 Å². The van der Waals surface area contributed by atoms with Gasteiger partial charge in [0.1, 0.15) is 5.58 Å². The molecule has 1 aromatic carbocycles. The zero-order chi connectivity index (χ0) is 16.9. The molecule has 5 heteroatoms. The normalized spacial score (nSPS) is 25.9. The molecule has 1 aromatic heterocycles. The number of aryl methyl sites for hydroxylation is 1. The summed E-state index contributed by atoms with van der Waals surface area (Å²) in [5, 5.41) is 0.931. The minimum atomic E-state index is -0.521. The lowest BCUT2D eigenvalue weighted by Gasteiger charge is -2.25. The zero-order valence-corrected chi connectivity index (χ0v) is 14.0. The van der Waals surface area contributed by atoms with Crippen LogP contribution in [0.1, 0.15) is 35.4 Å². The quantitative estimate of drug-likeness (QED) is 0.795. The van der Waals surface area contributed by atoms with Gasteiger partial charge in [-0.25, -0.2) is 0 Å². The van der Waals surface area contributed by atoms with Crippen LogP contribution < -0.4 is 0 Å². The second-order valence-electron chi connectivity index (χ2n) is 7.07. The van der Waals surface area contributed by atoms with Gasteiger partial charge in [-0.15, -0.1) is 0 Å². The van der Waals surface area contributed by atoms with E-state index in [0.29, 0.717) is 24.4 Å². The maximum absolute atomic E-state index is 12.9. The van der Waals surface area contributed by atoms with E-state index in [1.807, 2.05) is 25.1 Å². The third-order valence-corrected chi connectivity index (χ3v) is 5.63. The lowest BCUT2D eigenvalue weighted by Crippen LogP contribution is -2.38. The molecule has 1 amide bonds. The van der Waals surface area contributed by atoms with Gasteiger partial charge in [0, 0.05) is 18.5 Å². The third-order valence-electron chi connectivity index (χ3n) is 5.63. The van der Waals surface area contributed by atoms with Gasteiger partial charge in [-0.05, 0) is 43.9 Å². The molecule has 1 saturated carbocycles. The molecule has 4 rings (SSSR count). The molecular formula is C19H21NO4. The molecule has 2 aliphatic rings. The molecule has 1 aliphatic heterocycles. The van der Waals surface area contributed by atoms with Crippen LogP contribution in [0.25, 0.3) is 11.0 Å². The average Bonchev–Trinajstić information content (AvgIpc) is 3.24. The van der Waals surface area contributed by atoms with Gasteiger partial charge in [0.25, 0.3) is 5.91 Å². The number of benzene rings is 1. The van der Waals surface area contributed by atoms with Crippen molar-refractivity contribution in [2.45, 2.75) is 26.2 Å². The predicted octanol–water partition coefficient (Wildman–Crippen LogP) is 3.16. The number of methoxy groups -OCH3 is 1. The van der Waals surface area contributed by atoms with E-state index in [-0.39, 0.29) is 17.8 Å². The minimum absolute atomic E-state index is 0.137. The Balaban J connectivity index is 1.62. The molecule has 2 atom stereocenters. The van der Waals surface area contributed by atoms with Crippen LogP contribution in [-0.4, -0.2) is 37.0 Å². The van der Waals surface area contributed by atoms with Crippen LogP contribution in [0.2, 0.25) is 0 Å². The molecule has 0 bridgehead atoms. The zero-order valence-electron chi connectivity index (χ0n) is 14.0. The fourth-order valence-corrected chi connectivity index (χ4v) is 4.40. The van der Waals surface area contributed by atoms with Crippen molar-refractivity contribution in [2.75, 3.05) is 20.2 Å². The molecule has 2 heterocycles. The highest BCUT2D eigenvalue weighted by Crippen LogP contribution is 2.49. The van der Waals surface area contributed by atoms with Gasteiger partial charge in [0.05, 0.1) is 12.5 Å². The minimum Gasteiger partial charge on any atom is -0.469 e. The largest absolute Gasteiger partial charge is 0.469 e. The molecule has 24 heavy (non-hydrogen) atoms. The molecule has 2 fully saturated rings. The first-order valence-corrected chi connectivity index (χ1v) is 8.41. The maximum Gasteiger partial charge on any atom is 0.313 e. The number of hydrogen-bond acceptors (Lipinski definition) is 4. The maximum atomic E-state index is 12.9. The van der Waals surface area contributed by atoms with Crippen molar-refractivity contribution in [3.63, 3.8) is 0 Å². The van der Waals surface area contributed by atoms with Gasteiger partial charge in [-0.3, -0.25) is 9.59 Å². The first-order valence-electron chi connectivity index (χ1n) is 8.41. The van der Waals surface area contributed by atoms with Crippen LogP contribution in [0.15, 0.2) is 28.7 Å². The smallest absolute Gasteiger partial charge is 0.313 e. The SMILES string of the molecule is COC(=O)C12CCCC1CN(C(=O)c1cc3cc(C)ccc3o1)C2. The lowest BCUT2D eigenvalue weighted by molar-refractivity contribution is -0.153. The van der Waals surface area contributed by atoms with E-state index in [1.54, 1.807) is 11.0 Å². The Hall–Kier alpha value is -2.30. The van der Waals surface area contributed by atoms with Gasteiger partial charge < -0.3 is 14.1 Å². The molecule has 5 nitrogen and oxygen atoms in total. The summed E-state index contributed by atoms with van der Waals surface area (Å²) in [5.41, 5.74) is 1.32. The summed E-state index contributed by atoms with van der Waals surface area (Å²) in [6.45, 7) is 3.04. The topological polar surface area (TPSA) is 59.8 Å². The van der Waals surface area contributed by atoms with Crippen molar-refractivity contribution in [1.82, 2.24) is 4.90 Å². The van der Waals surface area contributed by atoms with Crippen molar-refractivity contribution in [1.29, 1.82) is 0 Å². The van der Waals surface area contributed by atoms with E-state index in [0.717, 1.165) is 30.2 Å². The van der Waals surface area contributed by atoms with Crippen LogP contribution in [0.5, 0.6) is 0 Å². The van der Waals surface area contributed by atoms with Crippen LogP contribution in [0.3, 0.4) is 0 Å². The monoisotopic (exact) mass is 327 g/mol. The first kappa shape index (κ1) is 15.2. The van der Waals surface area contributed by atoms with Crippen molar-refractivity contribution in [3.05, 3.63) is 35.6 Å². The highest BCUT2D eigenvalue weighted by Gasteiger charge is 2.56. The van der Waals surface area contributed by atoms with Gasteiger partial charge >= 0.3 is 5.97 Å². The molecule has 0 radical (unpaired) electrons. The van der Waals surface area contributed by atoms with E-state index >= 15 is 0 Å². The molecule has 2 unspecified atom stereocenters. The molecule has 0 N–H and O–H groups in total. The summed E-state index contributed by atoms with van der Waals surface area (Å²) in [4.78, 5) is 26.9. The van der Waals surface area contributed by atoms with E-state index in [2.05, 4.69) is 0 Å². The third kappa shape index (κ3) is 2.14. The average molecular weight is 327 g/mol. The molecule has 1 aliphatic carbocycles. The van der Waals surface area contributed by atoms with Gasteiger partial charge in [0.2, 0.25) is 0 Å². The summed E-state index contributed by atoms with van der Waals surface area (Å²) in [6, 6.07) is 7.65. The Morgan fingerprint density at radius 3 is 2.96 bits per heavy atom. The number of carbonyl (C=O) groups excluding carboxylic acids is 2. The van der Waals surface area contributed by atoms with Crippen LogP contribution >= 0.6 is 0 Å². The number of ether oxygens (including phenoxy) is 1. The van der Waals surface area contributed by atoms with Crippen LogP contribution in [-0.2, 0) is 9.53 Å². The summed E-state index contributed by atoms with van der Waals surface area (Å²) < 4.78 is 10.8. The van der Waals surface area contributed by atoms with E-state index in [4.69, 9.17) is 9.15 Å². The number of furan rings is 1. The van der Waals surface area contributed by atoms with E-state index in [1.165, 1.54) is 7.11 Å². The van der Waals surface area contributed by atoms with Crippen molar-refractivity contribution >= 4 is 22.8 Å². The standard InChI is InChI=1S/C19H21NO4/c1-12-5-6-15-13(8-12)9-16(24-15)17(21)20-10-14-4-3-7-19(14,11-20)18(22)23-2/h5-6,8-9,14H,3-4,7,10-11H2,1-2H3. The number of likely N-dealkylation sites (tertiary alicyclic amines) is 1. The van der Waals surface area contributed by atoms with Gasteiger partial charge in [-0.1, -0.05) is 18.1 Å². The van der Waals surface area contributed by atoms with E-state index < -0.39 is 5.41 Å². The van der Waals surface area contributed by atoms with Crippen LogP contribution in [0.4, 0.5) is 0 Å². The van der Waals surface area contributed by atoms with Gasteiger partial charge in [0.15, 0.2) is 5.76 Å². The summed E-state index contributed by atoms with van der Waals surface area (Å²) in [6.07, 6.45) is 2.79. The first-order chi connectivity index (χ1) is 11.5. The molecule has 1 saturated heterocycles. The number of hydrogen-bond donors (Lipinski definition) is 0. The molecule has 126 valence electrons. The van der Waals surface area contributed by atoms with Crippen molar-refractivity contribution < 1.29 is 18.7 Å². The highest BCUT2D eigenvalue weighted by molar-refractivity contribution is 5.97. The molecule has 2 aromatic rings. The fraction of sp³-hybridized carbons (Fsp3) is 0.474. The fourth-order valence-electron chi connectivity index (χ4n) is 4.40. The summed E-state index contributed by atoms with van der Waals surface area (Å²) in [7, 11) is 1.43. The number of esters is 1. The number of fused-ring (bicyclic) bond motifs is 2. The summed E-state index contributed by atoms with van der Waals surface area (Å²) >= 11 is 0. The second kappa shape index (κ2) is 5.36. The predicted molar refractivity (Wildman–Crippen MR) is 88.6 cm³/mol. The molecular weight excluding hydrogens is 306 g/mol. The Morgan fingerprint density at radius 2 is 2.17 bits per heavy atom. The summed E-state index contributed by atoms with van der Waals surface area (Å²) in [5.74, 6) is 0.221.